The second kappa shape index (κ2) is 18.3. The maximum absolute atomic E-state index is 4.80. The van der Waals surface area contributed by atoms with Gasteiger partial charge in [0.05, 0.1) is 0 Å². The van der Waals surface area contributed by atoms with E-state index in [9.17, 15) is 0 Å². The van der Waals surface area contributed by atoms with E-state index in [0.717, 1.165) is 44.5 Å². The molecule has 0 bridgehead atoms. The molecule has 6 heterocycles. The molecule has 59 heavy (non-hydrogen) atoms. The van der Waals surface area contributed by atoms with Gasteiger partial charge in [0.25, 0.3) is 0 Å². The van der Waals surface area contributed by atoms with Gasteiger partial charge in [-0.2, -0.15) is 10.9 Å². The zero-order valence-corrected chi connectivity index (χ0v) is 35.9. The van der Waals surface area contributed by atoms with Crippen LogP contribution in [0.3, 0.4) is 0 Å². The fraction of sp³-hybridized carbons (Fsp3) is 0.160. The van der Waals surface area contributed by atoms with Crippen LogP contribution in [0, 0.1) is 0 Å². The predicted octanol–water partition coefficient (Wildman–Crippen LogP) is 5.09. The molecular weight excluding hydrogens is 761 g/mol. The molecule has 0 N–H and O–H groups in total. The third kappa shape index (κ3) is 8.73. The van der Waals surface area contributed by atoms with Crippen LogP contribution >= 0.6 is 0 Å². The average Bonchev–Trinajstić information content (AvgIpc) is 3.27. The van der Waals surface area contributed by atoms with E-state index in [1.165, 1.54) is 11.1 Å². The summed E-state index contributed by atoms with van der Waals surface area (Å²) in [5.74, 6) is 0. The molecule has 293 valence electrons. The molecule has 0 aliphatic carbocycles. The van der Waals surface area contributed by atoms with Gasteiger partial charge in [0.15, 0.2) is 12.3 Å². The first-order valence-corrected chi connectivity index (χ1v) is 20.1. The Bertz CT molecular complexity index is 2110. The summed E-state index contributed by atoms with van der Waals surface area (Å²) in [6.45, 7) is 13.4. The average molecular weight is 812 g/mol. The Morgan fingerprint density at radius 1 is 0.288 bits per heavy atom. The third-order valence-electron chi connectivity index (χ3n) is 11.3. The molecule has 0 unspecified atom stereocenters. The van der Waals surface area contributed by atoms with Crippen LogP contribution in [0.5, 0.6) is 0 Å². The minimum atomic E-state index is -1.60. The molecule has 0 fully saturated rings. The maximum Gasteiger partial charge on any atom is 2.00 e. The maximum atomic E-state index is 4.80. The van der Waals surface area contributed by atoms with Crippen molar-refractivity contribution in [1.82, 2.24) is 29.9 Å². The van der Waals surface area contributed by atoms with Gasteiger partial charge in [-0.1, -0.05) is 163 Å². The van der Waals surface area contributed by atoms with E-state index in [1.807, 2.05) is 110 Å². The largest absolute Gasteiger partial charge is 2.00 e. The normalized spacial score (nSPS) is 11.8. The summed E-state index contributed by atoms with van der Waals surface area (Å²) in [6.07, 6.45) is 7.88. The van der Waals surface area contributed by atoms with Gasteiger partial charge in [0, 0.05) is 37.2 Å². The minimum Gasteiger partial charge on any atom is -0.302 e. The first-order valence-electron chi connectivity index (χ1n) is 20.1. The Hall–Kier alpha value is -6.01. The first-order chi connectivity index (χ1) is 28.1. The van der Waals surface area contributed by atoms with Crippen molar-refractivity contribution < 1.29 is 17.1 Å². The first kappa shape index (κ1) is 42.6. The molecule has 0 atom stereocenters. The van der Waals surface area contributed by atoms with Crippen LogP contribution in [0.4, 0.5) is 0 Å². The summed E-state index contributed by atoms with van der Waals surface area (Å²) in [6, 6.07) is 54.2. The zero-order chi connectivity index (χ0) is 40.6. The van der Waals surface area contributed by atoms with Gasteiger partial charge in [-0.15, -0.1) is 33.6 Å². The van der Waals surface area contributed by atoms with Crippen LogP contribution in [0.25, 0.3) is 0 Å². The Labute approximate surface area is 360 Å². The van der Waals surface area contributed by atoms with Crippen molar-refractivity contribution in [3.05, 3.63) is 206 Å². The molecule has 0 saturated carbocycles. The quantitative estimate of drug-likeness (QED) is 0.199. The SMILES string of the molecule is CC(C)(C)c1ccc([B-](c2ccccn2)(c2ccccn2)c2ccccn2)cc1.CC(C)(C)c1ccc([B-](c2ccccn2)(c2ccccn2)c2ccccn2)cc1.[Mn+2]. The van der Waals surface area contributed by atoms with Crippen LogP contribution in [-0.4, -0.2) is 42.2 Å². The standard InChI is InChI=1S/2C25H25BN3.Mn/c2*1-25(2,3)20-13-15-21(16-14-20)26(22-10-4-7-17-27-22,23-11-5-8-18-28-23)24-12-6-9-19-29-24;/h2*4-19H,1-3H3;/q2*-1;+2. The summed E-state index contributed by atoms with van der Waals surface area (Å²) in [7, 11) is 0. The zero-order valence-electron chi connectivity index (χ0n) is 34.7. The third-order valence-corrected chi connectivity index (χ3v) is 11.3. The van der Waals surface area contributed by atoms with Crippen molar-refractivity contribution >= 4 is 56.8 Å². The summed E-state index contributed by atoms with van der Waals surface area (Å²) in [5.41, 5.74) is 10.9. The number of hydrogen-bond acceptors (Lipinski definition) is 6. The number of pyridine rings is 6. The van der Waals surface area contributed by atoms with Crippen LogP contribution in [0.15, 0.2) is 195 Å². The molecule has 9 heteroatoms. The van der Waals surface area contributed by atoms with E-state index in [1.54, 1.807) is 0 Å². The van der Waals surface area contributed by atoms with Crippen molar-refractivity contribution in [2.75, 3.05) is 0 Å². The van der Waals surface area contributed by atoms with E-state index < -0.39 is 12.3 Å². The van der Waals surface area contributed by atoms with E-state index in [4.69, 9.17) is 29.9 Å². The molecule has 6 nitrogen and oxygen atoms in total. The molecule has 0 aliphatic rings. The number of hydrogen-bond donors (Lipinski definition) is 0. The minimum absolute atomic E-state index is 0. The number of nitrogens with zero attached hydrogens (tertiary/aromatic N) is 6. The molecule has 0 amide bonds. The topological polar surface area (TPSA) is 77.3 Å². The second-order valence-corrected chi connectivity index (χ2v) is 17.0. The van der Waals surface area contributed by atoms with E-state index >= 15 is 0 Å². The number of aromatic nitrogens is 6. The monoisotopic (exact) mass is 811 g/mol. The fourth-order valence-electron chi connectivity index (χ4n) is 8.27. The molecule has 0 saturated heterocycles. The Morgan fingerprint density at radius 3 is 0.644 bits per heavy atom. The molecule has 0 spiro atoms. The van der Waals surface area contributed by atoms with E-state index in [-0.39, 0.29) is 27.9 Å². The van der Waals surface area contributed by atoms with Crippen molar-refractivity contribution in [3.8, 4) is 0 Å². The molecule has 2 aromatic carbocycles. The van der Waals surface area contributed by atoms with Gasteiger partial charge in [0.2, 0.25) is 0 Å². The van der Waals surface area contributed by atoms with E-state index in [0.29, 0.717) is 0 Å². The molecular formula is C50H50B2MnN6. The van der Waals surface area contributed by atoms with Crippen LogP contribution in [-0.2, 0) is 27.9 Å². The van der Waals surface area contributed by atoms with E-state index in [2.05, 4.69) is 126 Å². The van der Waals surface area contributed by atoms with Crippen LogP contribution in [0.2, 0.25) is 0 Å². The van der Waals surface area contributed by atoms with Crippen LogP contribution < -0.4 is 44.5 Å². The Balaban J connectivity index is 0.000000195. The van der Waals surface area contributed by atoms with Crippen molar-refractivity contribution in [3.63, 3.8) is 0 Å². The van der Waals surface area contributed by atoms with Gasteiger partial charge in [-0.3, -0.25) is 0 Å². The summed E-state index contributed by atoms with van der Waals surface area (Å²) >= 11 is 0. The van der Waals surface area contributed by atoms with Crippen molar-refractivity contribution in [2.24, 2.45) is 0 Å². The molecule has 1 radical (unpaired) electrons. The summed E-state index contributed by atoms with van der Waals surface area (Å²) in [5, 5.41) is 0. The smallest absolute Gasteiger partial charge is 0.302 e. The Morgan fingerprint density at radius 2 is 0.492 bits per heavy atom. The summed E-state index contributed by atoms with van der Waals surface area (Å²) in [4.78, 5) is 28.8. The molecule has 8 rings (SSSR count). The Kier molecular flexibility index (Phi) is 13.2. The van der Waals surface area contributed by atoms with Crippen molar-refractivity contribution in [2.45, 2.75) is 52.4 Å². The molecule has 6 aromatic heterocycles. The second-order valence-electron chi connectivity index (χ2n) is 17.0. The van der Waals surface area contributed by atoms with Gasteiger partial charge in [-0.25, -0.2) is 0 Å². The molecule has 8 aromatic rings. The number of rotatable bonds is 8. The predicted molar refractivity (Wildman–Crippen MR) is 244 cm³/mol. The fourth-order valence-corrected chi connectivity index (χ4v) is 8.27. The van der Waals surface area contributed by atoms with Gasteiger partial charge in [0.1, 0.15) is 0 Å². The molecule has 0 aliphatic heterocycles. The van der Waals surface area contributed by atoms with Gasteiger partial charge in [-0.05, 0) is 58.4 Å². The van der Waals surface area contributed by atoms with Crippen molar-refractivity contribution in [1.29, 1.82) is 0 Å². The summed E-state index contributed by atoms with van der Waals surface area (Å²) < 4.78 is 0. The number of benzene rings is 2. The van der Waals surface area contributed by atoms with Gasteiger partial charge >= 0.3 is 17.1 Å². The van der Waals surface area contributed by atoms with Gasteiger partial charge < -0.3 is 29.9 Å². The van der Waals surface area contributed by atoms with Crippen LogP contribution in [0.1, 0.15) is 52.7 Å².